The molecule has 0 spiro atoms. The smallest absolute Gasteiger partial charge is 0.146 e. The van der Waals surface area contributed by atoms with Crippen LogP contribution in [0.1, 0.15) is 24.2 Å². The number of hydrogen-bond acceptors (Lipinski definition) is 2. The summed E-state index contributed by atoms with van der Waals surface area (Å²) in [6.45, 7) is 1.45. The Morgan fingerprint density at radius 3 is 2.40 bits per heavy atom. The van der Waals surface area contributed by atoms with Crippen molar-refractivity contribution >= 4 is 15.9 Å². The van der Waals surface area contributed by atoms with Crippen LogP contribution in [0.3, 0.4) is 0 Å². The quantitative estimate of drug-likeness (QED) is 0.836. The fraction of sp³-hybridized carbons (Fsp3) is 0.200. The van der Waals surface area contributed by atoms with E-state index >= 15 is 0 Å². The molecule has 0 radical (unpaired) electrons. The molecule has 2 rings (SSSR count). The van der Waals surface area contributed by atoms with E-state index in [9.17, 15) is 13.9 Å². The first-order valence-corrected chi connectivity index (χ1v) is 6.81. The van der Waals surface area contributed by atoms with Crippen molar-refractivity contribution in [3.05, 3.63) is 63.6 Å². The standard InChI is InChI=1S/C15H13BrF2O2/c1-9(19)10-2-4-11(5-3-10)20-8-12-14(17)7-6-13(16)15(12)18/h2-7,9,19H,8H2,1H3/t9-/m0/s1. The van der Waals surface area contributed by atoms with Crippen molar-refractivity contribution < 1.29 is 18.6 Å². The zero-order valence-electron chi connectivity index (χ0n) is 10.7. The third-order valence-corrected chi connectivity index (χ3v) is 3.50. The molecule has 0 fully saturated rings. The van der Waals surface area contributed by atoms with Gasteiger partial charge in [0.05, 0.1) is 16.1 Å². The van der Waals surface area contributed by atoms with Crippen molar-refractivity contribution in [2.45, 2.75) is 19.6 Å². The second-order valence-corrected chi connectivity index (χ2v) is 5.21. The molecule has 2 nitrogen and oxygen atoms in total. The van der Waals surface area contributed by atoms with Gasteiger partial charge in [0.25, 0.3) is 0 Å². The molecule has 0 unspecified atom stereocenters. The SMILES string of the molecule is C[C@H](O)c1ccc(OCc2c(F)ccc(Br)c2F)cc1. The van der Waals surface area contributed by atoms with Crippen LogP contribution in [0.15, 0.2) is 40.9 Å². The average molecular weight is 343 g/mol. The molecule has 106 valence electrons. The Labute approximate surface area is 124 Å². The van der Waals surface area contributed by atoms with Crippen LogP contribution in [0, 0.1) is 11.6 Å². The predicted molar refractivity (Wildman–Crippen MR) is 75.5 cm³/mol. The van der Waals surface area contributed by atoms with Crippen LogP contribution in [-0.4, -0.2) is 5.11 Å². The van der Waals surface area contributed by atoms with Gasteiger partial charge < -0.3 is 9.84 Å². The van der Waals surface area contributed by atoms with Crippen molar-refractivity contribution in [3.8, 4) is 5.75 Å². The lowest BCUT2D eigenvalue weighted by atomic mass is 10.1. The molecule has 5 heteroatoms. The van der Waals surface area contributed by atoms with E-state index in [1.165, 1.54) is 12.1 Å². The summed E-state index contributed by atoms with van der Waals surface area (Å²) in [6, 6.07) is 9.20. The molecule has 0 saturated carbocycles. The van der Waals surface area contributed by atoms with Crippen LogP contribution in [-0.2, 0) is 6.61 Å². The van der Waals surface area contributed by atoms with Crippen LogP contribution in [0.2, 0.25) is 0 Å². The summed E-state index contributed by atoms with van der Waals surface area (Å²) in [5.74, 6) is -0.829. The summed E-state index contributed by atoms with van der Waals surface area (Å²) in [5, 5.41) is 9.38. The van der Waals surface area contributed by atoms with E-state index in [1.54, 1.807) is 31.2 Å². The number of rotatable bonds is 4. The first-order valence-electron chi connectivity index (χ1n) is 6.02. The van der Waals surface area contributed by atoms with Crippen molar-refractivity contribution in [2.24, 2.45) is 0 Å². The normalized spacial score (nSPS) is 12.2. The second kappa shape index (κ2) is 6.33. The molecule has 0 saturated heterocycles. The minimum absolute atomic E-state index is 0.126. The van der Waals surface area contributed by atoms with Gasteiger partial charge in [0.15, 0.2) is 0 Å². The lowest BCUT2D eigenvalue weighted by molar-refractivity contribution is 0.199. The van der Waals surface area contributed by atoms with Gasteiger partial charge in [-0.25, -0.2) is 8.78 Å². The molecule has 0 amide bonds. The Morgan fingerprint density at radius 2 is 1.80 bits per heavy atom. The third kappa shape index (κ3) is 3.35. The van der Waals surface area contributed by atoms with Crippen LogP contribution < -0.4 is 4.74 Å². The molecule has 0 aliphatic carbocycles. The van der Waals surface area contributed by atoms with Gasteiger partial charge in [0.1, 0.15) is 24.0 Å². The maximum atomic E-state index is 13.7. The number of hydrogen-bond donors (Lipinski definition) is 1. The van der Waals surface area contributed by atoms with Crippen molar-refractivity contribution in [2.75, 3.05) is 0 Å². The molecule has 0 bridgehead atoms. The number of halogens is 3. The third-order valence-electron chi connectivity index (χ3n) is 2.88. The van der Waals surface area contributed by atoms with E-state index in [-0.39, 0.29) is 16.6 Å². The van der Waals surface area contributed by atoms with Gasteiger partial charge in [-0.1, -0.05) is 12.1 Å². The zero-order valence-corrected chi connectivity index (χ0v) is 12.3. The predicted octanol–water partition coefficient (Wildman–Crippen LogP) is 4.36. The summed E-state index contributed by atoms with van der Waals surface area (Å²) in [5.41, 5.74) is 0.621. The molecule has 0 aliphatic rings. The molecule has 1 N–H and O–H groups in total. The Bertz CT molecular complexity index is 598. The van der Waals surface area contributed by atoms with Crippen molar-refractivity contribution in [1.29, 1.82) is 0 Å². The highest BCUT2D eigenvalue weighted by Gasteiger charge is 2.13. The minimum atomic E-state index is -0.661. The maximum absolute atomic E-state index is 13.7. The van der Waals surface area contributed by atoms with E-state index in [1.807, 2.05) is 0 Å². The van der Waals surface area contributed by atoms with Gasteiger partial charge in [0, 0.05) is 0 Å². The molecule has 0 aliphatic heterocycles. The Hall–Kier alpha value is -1.46. The van der Waals surface area contributed by atoms with Crippen LogP contribution >= 0.6 is 15.9 Å². The Balaban J connectivity index is 2.11. The van der Waals surface area contributed by atoms with E-state index < -0.39 is 17.7 Å². The van der Waals surface area contributed by atoms with Gasteiger partial charge in [0.2, 0.25) is 0 Å². The van der Waals surface area contributed by atoms with E-state index in [2.05, 4.69) is 15.9 Å². The maximum Gasteiger partial charge on any atom is 0.146 e. The molecule has 1 atom stereocenters. The van der Waals surface area contributed by atoms with Crippen LogP contribution in [0.5, 0.6) is 5.75 Å². The van der Waals surface area contributed by atoms with E-state index in [0.717, 1.165) is 5.56 Å². The monoisotopic (exact) mass is 342 g/mol. The highest BCUT2D eigenvalue weighted by molar-refractivity contribution is 9.10. The summed E-state index contributed by atoms with van der Waals surface area (Å²) in [6.07, 6.45) is -0.566. The lowest BCUT2D eigenvalue weighted by Gasteiger charge is -2.10. The Morgan fingerprint density at radius 1 is 1.15 bits per heavy atom. The van der Waals surface area contributed by atoms with Gasteiger partial charge in [-0.15, -0.1) is 0 Å². The summed E-state index contributed by atoms with van der Waals surface area (Å²) in [7, 11) is 0. The molecule has 0 heterocycles. The first kappa shape index (κ1) is 14.9. The molecule has 2 aromatic rings. The fourth-order valence-corrected chi connectivity index (χ4v) is 2.07. The lowest BCUT2D eigenvalue weighted by Crippen LogP contribution is -2.03. The van der Waals surface area contributed by atoms with Gasteiger partial charge in [-0.05, 0) is 52.7 Å². The largest absolute Gasteiger partial charge is 0.489 e. The second-order valence-electron chi connectivity index (χ2n) is 4.36. The molecule has 2 aromatic carbocycles. The zero-order chi connectivity index (χ0) is 14.7. The van der Waals surface area contributed by atoms with Gasteiger partial charge in [-0.3, -0.25) is 0 Å². The summed E-state index contributed by atoms with van der Waals surface area (Å²) < 4.78 is 32.8. The number of aliphatic hydroxyl groups is 1. The average Bonchev–Trinajstić information content (AvgIpc) is 2.43. The number of aliphatic hydroxyl groups excluding tert-OH is 1. The van der Waals surface area contributed by atoms with Crippen molar-refractivity contribution in [1.82, 2.24) is 0 Å². The highest BCUT2D eigenvalue weighted by Crippen LogP contribution is 2.24. The number of ether oxygens (including phenoxy) is 1. The van der Waals surface area contributed by atoms with Crippen LogP contribution in [0.25, 0.3) is 0 Å². The fourth-order valence-electron chi connectivity index (χ4n) is 1.70. The van der Waals surface area contributed by atoms with Crippen LogP contribution in [0.4, 0.5) is 8.78 Å². The first-order chi connectivity index (χ1) is 9.49. The highest BCUT2D eigenvalue weighted by atomic mass is 79.9. The topological polar surface area (TPSA) is 29.5 Å². The summed E-state index contributed by atoms with van der Waals surface area (Å²) >= 11 is 3.01. The van der Waals surface area contributed by atoms with Gasteiger partial charge in [-0.2, -0.15) is 0 Å². The Kier molecular flexibility index (Phi) is 4.73. The number of benzene rings is 2. The molecule has 20 heavy (non-hydrogen) atoms. The molecular weight excluding hydrogens is 330 g/mol. The summed E-state index contributed by atoms with van der Waals surface area (Å²) in [4.78, 5) is 0. The minimum Gasteiger partial charge on any atom is -0.489 e. The van der Waals surface area contributed by atoms with Gasteiger partial charge >= 0.3 is 0 Å². The molecule has 0 aromatic heterocycles. The molecular formula is C15H13BrF2O2. The van der Waals surface area contributed by atoms with E-state index in [0.29, 0.717) is 5.75 Å². The van der Waals surface area contributed by atoms with Crippen molar-refractivity contribution in [3.63, 3.8) is 0 Å². The van der Waals surface area contributed by atoms with E-state index in [4.69, 9.17) is 4.74 Å².